The number of carbonyl (C=O) groups is 1. The number of ether oxygens (including phenoxy) is 1. The minimum Gasteiger partial charge on any atom is -0.489 e. The van der Waals surface area contributed by atoms with Gasteiger partial charge in [-0.3, -0.25) is 4.79 Å². The van der Waals surface area contributed by atoms with E-state index >= 15 is 0 Å². The van der Waals surface area contributed by atoms with Crippen LogP contribution in [-0.4, -0.2) is 5.91 Å². The van der Waals surface area contributed by atoms with Gasteiger partial charge in [0.2, 0.25) is 5.91 Å². The summed E-state index contributed by atoms with van der Waals surface area (Å²) < 4.78 is 6.82. The fraction of sp³-hybridized carbons (Fsp3) is 0.0870. The van der Waals surface area contributed by atoms with Gasteiger partial charge >= 0.3 is 0 Å². The van der Waals surface area contributed by atoms with Gasteiger partial charge in [0.1, 0.15) is 12.4 Å². The number of amides is 1. The van der Waals surface area contributed by atoms with E-state index in [1.54, 1.807) is 12.1 Å². The van der Waals surface area contributed by atoms with E-state index in [0.29, 0.717) is 17.3 Å². The van der Waals surface area contributed by atoms with Crippen molar-refractivity contribution in [3.05, 3.63) is 99.0 Å². The van der Waals surface area contributed by atoms with Crippen molar-refractivity contribution < 1.29 is 9.53 Å². The summed E-state index contributed by atoms with van der Waals surface area (Å²) in [4.78, 5) is 12.1. The molecule has 0 aliphatic heterocycles. The zero-order chi connectivity index (χ0) is 19.9. The zero-order valence-corrected chi connectivity index (χ0v) is 17.6. The highest BCUT2D eigenvalue weighted by molar-refractivity contribution is 9.10. The van der Waals surface area contributed by atoms with Gasteiger partial charge in [0.15, 0.2) is 0 Å². The Morgan fingerprint density at radius 1 is 1.07 bits per heavy atom. The number of benzene rings is 3. The molecule has 3 rings (SSSR count). The fourth-order valence-electron chi connectivity index (χ4n) is 2.45. The van der Waals surface area contributed by atoms with Crippen molar-refractivity contribution in [3.63, 3.8) is 0 Å². The number of hydrogen-bond acceptors (Lipinski definition) is 2. The molecule has 0 aliphatic carbocycles. The summed E-state index contributed by atoms with van der Waals surface area (Å²) in [7, 11) is 0. The number of anilines is 1. The minimum atomic E-state index is -0.213. The summed E-state index contributed by atoms with van der Waals surface area (Å²) in [6.45, 7) is 2.42. The van der Waals surface area contributed by atoms with E-state index in [1.807, 2.05) is 67.6 Å². The van der Waals surface area contributed by atoms with Gasteiger partial charge in [-0.1, -0.05) is 57.9 Å². The lowest BCUT2D eigenvalue weighted by Crippen LogP contribution is -2.07. The van der Waals surface area contributed by atoms with Gasteiger partial charge in [0.05, 0.1) is 0 Å². The molecular formula is C23H19BrClNO2. The van der Waals surface area contributed by atoms with Gasteiger partial charge in [0.25, 0.3) is 0 Å². The molecular weight excluding hydrogens is 438 g/mol. The molecule has 0 atom stereocenters. The topological polar surface area (TPSA) is 38.3 Å². The molecule has 0 saturated carbocycles. The van der Waals surface area contributed by atoms with Crippen molar-refractivity contribution in [2.24, 2.45) is 0 Å². The molecule has 5 heteroatoms. The molecule has 0 fully saturated rings. The molecule has 3 aromatic rings. The lowest BCUT2D eigenvalue weighted by Gasteiger charge is -2.07. The standard InChI is InChI=1S/C23H19BrClNO2/c1-16-2-10-20(14-22(16)25)26-23(27)13-7-17-5-11-21(12-6-17)28-15-18-3-8-19(24)9-4-18/h2-14H,15H2,1H3,(H,26,27)/b13-7+. The number of carbonyl (C=O) groups excluding carboxylic acids is 1. The van der Waals surface area contributed by atoms with Crippen LogP contribution in [-0.2, 0) is 11.4 Å². The monoisotopic (exact) mass is 455 g/mol. The van der Waals surface area contributed by atoms with Crippen LogP contribution < -0.4 is 10.1 Å². The van der Waals surface area contributed by atoms with Gasteiger partial charge in [-0.05, 0) is 66.1 Å². The Bertz CT molecular complexity index is 982. The average molecular weight is 457 g/mol. The molecule has 0 radical (unpaired) electrons. The SMILES string of the molecule is Cc1ccc(NC(=O)/C=C/c2ccc(OCc3ccc(Br)cc3)cc2)cc1Cl. The Hall–Kier alpha value is -2.56. The Kier molecular flexibility index (Phi) is 6.90. The van der Waals surface area contributed by atoms with Crippen LogP contribution in [0.15, 0.2) is 77.3 Å². The molecule has 0 aromatic heterocycles. The molecule has 0 aliphatic rings. The molecule has 28 heavy (non-hydrogen) atoms. The highest BCUT2D eigenvalue weighted by Crippen LogP contribution is 2.20. The predicted octanol–water partition coefficient (Wildman–Crippen LogP) is 6.64. The third-order valence-corrected chi connectivity index (χ3v) is 5.00. The van der Waals surface area contributed by atoms with Gasteiger partial charge in [-0.25, -0.2) is 0 Å². The Morgan fingerprint density at radius 3 is 2.46 bits per heavy atom. The van der Waals surface area contributed by atoms with Gasteiger partial charge in [-0.2, -0.15) is 0 Å². The van der Waals surface area contributed by atoms with Crippen LogP contribution in [0.2, 0.25) is 5.02 Å². The quantitative estimate of drug-likeness (QED) is 0.422. The van der Waals surface area contributed by atoms with Crippen molar-refractivity contribution >= 4 is 45.2 Å². The molecule has 3 nitrogen and oxygen atoms in total. The summed E-state index contributed by atoms with van der Waals surface area (Å²) in [5.41, 5.74) is 3.65. The van der Waals surface area contributed by atoms with E-state index in [-0.39, 0.29) is 5.91 Å². The Balaban J connectivity index is 1.53. The number of halogens is 2. The van der Waals surface area contributed by atoms with E-state index in [0.717, 1.165) is 26.9 Å². The number of hydrogen-bond donors (Lipinski definition) is 1. The second-order valence-electron chi connectivity index (χ2n) is 6.27. The van der Waals surface area contributed by atoms with Crippen LogP contribution in [0.3, 0.4) is 0 Å². The number of rotatable bonds is 6. The molecule has 142 valence electrons. The molecule has 1 N–H and O–H groups in total. The van der Waals surface area contributed by atoms with E-state index in [2.05, 4.69) is 21.2 Å². The molecule has 0 saturated heterocycles. The maximum absolute atomic E-state index is 12.1. The van der Waals surface area contributed by atoms with Gasteiger partial charge in [-0.15, -0.1) is 0 Å². The normalized spacial score (nSPS) is 10.8. The number of aryl methyl sites for hydroxylation is 1. The summed E-state index contributed by atoms with van der Waals surface area (Å²) in [6.07, 6.45) is 3.25. The highest BCUT2D eigenvalue weighted by Gasteiger charge is 2.01. The largest absolute Gasteiger partial charge is 0.489 e. The van der Waals surface area contributed by atoms with Crippen molar-refractivity contribution in [2.75, 3.05) is 5.32 Å². The maximum Gasteiger partial charge on any atom is 0.248 e. The average Bonchev–Trinajstić information content (AvgIpc) is 2.69. The fourth-order valence-corrected chi connectivity index (χ4v) is 2.89. The van der Waals surface area contributed by atoms with Crippen LogP contribution >= 0.6 is 27.5 Å². The summed E-state index contributed by atoms with van der Waals surface area (Å²) in [5.74, 6) is 0.564. The molecule has 0 spiro atoms. The first-order valence-corrected chi connectivity index (χ1v) is 9.89. The first-order valence-electron chi connectivity index (χ1n) is 8.72. The molecule has 1 amide bonds. The first-order chi connectivity index (χ1) is 13.5. The lowest BCUT2D eigenvalue weighted by atomic mass is 10.2. The van der Waals surface area contributed by atoms with E-state index in [9.17, 15) is 4.79 Å². The Labute approximate surface area is 178 Å². The van der Waals surface area contributed by atoms with Crippen molar-refractivity contribution in [1.29, 1.82) is 0 Å². The van der Waals surface area contributed by atoms with Crippen LogP contribution in [0, 0.1) is 6.92 Å². The van der Waals surface area contributed by atoms with Crippen LogP contribution in [0.4, 0.5) is 5.69 Å². The third kappa shape index (κ3) is 5.98. The molecule has 0 bridgehead atoms. The second-order valence-corrected chi connectivity index (χ2v) is 7.59. The van der Waals surface area contributed by atoms with Crippen molar-refractivity contribution in [2.45, 2.75) is 13.5 Å². The summed E-state index contributed by atoms with van der Waals surface area (Å²) in [6, 6.07) is 21.0. The van der Waals surface area contributed by atoms with Crippen molar-refractivity contribution in [1.82, 2.24) is 0 Å². The Morgan fingerprint density at radius 2 is 1.79 bits per heavy atom. The smallest absolute Gasteiger partial charge is 0.248 e. The maximum atomic E-state index is 12.1. The minimum absolute atomic E-state index is 0.213. The first kappa shape index (κ1) is 20.2. The summed E-state index contributed by atoms with van der Waals surface area (Å²) in [5, 5.41) is 3.42. The van der Waals surface area contributed by atoms with Gasteiger partial charge < -0.3 is 10.1 Å². The van der Waals surface area contributed by atoms with E-state index in [1.165, 1.54) is 6.08 Å². The molecule has 0 unspecified atom stereocenters. The van der Waals surface area contributed by atoms with E-state index < -0.39 is 0 Å². The molecule has 0 heterocycles. The van der Waals surface area contributed by atoms with Crippen molar-refractivity contribution in [3.8, 4) is 5.75 Å². The van der Waals surface area contributed by atoms with Crippen LogP contribution in [0.1, 0.15) is 16.7 Å². The van der Waals surface area contributed by atoms with Gasteiger partial charge in [0, 0.05) is 21.3 Å². The van der Waals surface area contributed by atoms with Crippen LogP contribution in [0.5, 0.6) is 5.75 Å². The summed E-state index contributed by atoms with van der Waals surface area (Å²) >= 11 is 9.49. The highest BCUT2D eigenvalue weighted by atomic mass is 79.9. The molecule has 3 aromatic carbocycles. The third-order valence-electron chi connectivity index (χ3n) is 4.07. The van der Waals surface area contributed by atoms with Crippen LogP contribution in [0.25, 0.3) is 6.08 Å². The second kappa shape index (κ2) is 9.58. The zero-order valence-electron chi connectivity index (χ0n) is 15.3. The number of nitrogens with one attached hydrogen (secondary N) is 1. The lowest BCUT2D eigenvalue weighted by molar-refractivity contribution is -0.111. The van der Waals surface area contributed by atoms with E-state index in [4.69, 9.17) is 16.3 Å². The predicted molar refractivity (Wildman–Crippen MR) is 119 cm³/mol.